The largest absolute Gasteiger partial charge is 0.393 e. The molecule has 0 radical (unpaired) electrons. The fraction of sp³-hybridized carbons (Fsp3) is 0.600. The molecule has 0 spiro atoms. The molecule has 114 valence electrons. The van der Waals surface area contributed by atoms with Gasteiger partial charge in [0, 0.05) is 5.41 Å². The van der Waals surface area contributed by atoms with Gasteiger partial charge in [0.05, 0.1) is 6.10 Å². The lowest BCUT2D eigenvalue weighted by atomic mass is 9.51. The van der Waals surface area contributed by atoms with E-state index in [1.807, 2.05) is 0 Å². The molecule has 0 saturated heterocycles. The van der Waals surface area contributed by atoms with Crippen LogP contribution < -0.4 is 0 Å². The summed E-state index contributed by atoms with van der Waals surface area (Å²) in [4.78, 5) is 0. The fourth-order valence-corrected chi connectivity index (χ4v) is 4.55. The highest BCUT2D eigenvalue weighted by Gasteiger charge is 2.51. The standard InChI is InChI=1S/C20H28O/c1-13(2)14-6-8-16-15(12-14)7-9-17-19(3,4)18(21)10-11-20(16,17)5/h6-9,12-13,17-18,21H,10-11H2,1-5H3. The summed E-state index contributed by atoms with van der Waals surface area (Å²) in [6.07, 6.45) is 6.42. The fourth-order valence-electron chi connectivity index (χ4n) is 4.55. The van der Waals surface area contributed by atoms with Crippen molar-refractivity contribution in [2.45, 2.75) is 64.9 Å². The number of hydrogen-bond acceptors (Lipinski definition) is 1. The van der Waals surface area contributed by atoms with Crippen LogP contribution in [0.5, 0.6) is 0 Å². The Morgan fingerprint density at radius 2 is 1.90 bits per heavy atom. The maximum absolute atomic E-state index is 10.4. The predicted molar refractivity (Wildman–Crippen MR) is 89.4 cm³/mol. The highest BCUT2D eigenvalue weighted by atomic mass is 16.3. The molecule has 2 aliphatic carbocycles. The first-order chi connectivity index (χ1) is 9.76. The smallest absolute Gasteiger partial charge is 0.0597 e. The molecule has 1 N–H and O–H groups in total. The van der Waals surface area contributed by atoms with Gasteiger partial charge in [0.25, 0.3) is 0 Å². The molecule has 3 atom stereocenters. The van der Waals surface area contributed by atoms with Crippen molar-refractivity contribution >= 4 is 6.08 Å². The Balaban J connectivity index is 2.10. The minimum Gasteiger partial charge on any atom is -0.393 e. The van der Waals surface area contributed by atoms with E-state index in [1.165, 1.54) is 16.7 Å². The van der Waals surface area contributed by atoms with Crippen LogP contribution in [0.2, 0.25) is 0 Å². The quantitative estimate of drug-likeness (QED) is 0.778. The van der Waals surface area contributed by atoms with Crippen LogP contribution in [0, 0.1) is 11.3 Å². The van der Waals surface area contributed by atoms with Gasteiger partial charge < -0.3 is 5.11 Å². The Bertz CT molecular complexity index is 582. The van der Waals surface area contributed by atoms with Crippen LogP contribution in [-0.4, -0.2) is 11.2 Å². The maximum atomic E-state index is 10.4. The van der Waals surface area contributed by atoms with Crippen LogP contribution in [0.4, 0.5) is 0 Å². The number of aliphatic hydroxyl groups is 1. The zero-order valence-corrected chi connectivity index (χ0v) is 14.0. The van der Waals surface area contributed by atoms with Gasteiger partial charge in [0.2, 0.25) is 0 Å². The monoisotopic (exact) mass is 284 g/mol. The van der Waals surface area contributed by atoms with Crippen molar-refractivity contribution in [3.05, 3.63) is 41.0 Å². The van der Waals surface area contributed by atoms with Crippen LogP contribution in [0.15, 0.2) is 24.3 Å². The van der Waals surface area contributed by atoms with E-state index in [2.05, 4.69) is 65.0 Å². The van der Waals surface area contributed by atoms with Crippen molar-refractivity contribution in [3.63, 3.8) is 0 Å². The predicted octanol–water partition coefficient (Wildman–Crippen LogP) is 4.89. The molecule has 21 heavy (non-hydrogen) atoms. The van der Waals surface area contributed by atoms with Gasteiger partial charge in [-0.15, -0.1) is 0 Å². The molecule has 0 bridgehead atoms. The molecular weight excluding hydrogens is 256 g/mol. The van der Waals surface area contributed by atoms with Gasteiger partial charge in [-0.1, -0.05) is 65.0 Å². The van der Waals surface area contributed by atoms with Crippen molar-refractivity contribution in [1.29, 1.82) is 0 Å². The Morgan fingerprint density at radius 1 is 1.19 bits per heavy atom. The summed E-state index contributed by atoms with van der Waals surface area (Å²) in [5.41, 5.74) is 4.36. The van der Waals surface area contributed by atoms with E-state index in [-0.39, 0.29) is 16.9 Å². The lowest BCUT2D eigenvalue weighted by Crippen LogP contribution is -2.52. The number of allylic oxidation sites excluding steroid dienone is 1. The molecule has 1 saturated carbocycles. The summed E-state index contributed by atoms with van der Waals surface area (Å²) in [5, 5.41) is 10.4. The summed E-state index contributed by atoms with van der Waals surface area (Å²) in [6.45, 7) is 11.3. The van der Waals surface area contributed by atoms with Crippen LogP contribution in [0.1, 0.15) is 70.1 Å². The molecule has 1 aromatic carbocycles. The second-order valence-electron chi connectivity index (χ2n) is 8.13. The lowest BCUT2D eigenvalue weighted by molar-refractivity contribution is -0.0482. The molecular formula is C20H28O. The van der Waals surface area contributed by atoms with E-state index >= 15 is 0 Å². The molecule has 0 amide bonds. The Morgan fingerprint density at radius 3 is 2.57 bits per heavy atom. The summed E-state index contributed by atoms with van der Waals surface area (Å²) < 4.78 is 0. The zero-order chi connectivity index (χ0) is 15.4. The Kier molecular flexibility index (Phi) is 3.33. The van der Waals surface area contributed by atoms with Crippen LogP contribution in [-0.2, 0) is 5.41 Å². The van der Waals surface area contributed by atoms with Gasteiger partial charge in [-0.3, -0.25) is 0 Å². The maximum Gasteiger partial charge on any atom is 0.0597 e. The average Bonchev–Trinajstić information content (AvgIpc) is 2.43. The molecule has 1 nitrogen and oxygen atoms in total. The topological polar surface area (TPSA) is 20.2 Å². The minimum atomic E-state index is -0.197. The first-order valence-electron chi connectivity index (χ1n) is 8.27. The zero-order valence-electron chi connectivity index (χ0n) is 14.0. The van der Waals surface area contributed by atoms with Crippen LogP contribution in [0.3, 0.4) is 0 Å². The van der Waals surface area contributed by atoms with E-state index in [0.717, 1.165) is 12.8 Å². The van der Waals surface area contributed by atoms with Crippen LogP contribution >= 0.6 is 0 Å². The van der Waals surface area contributed by atoms with Crippen molar-refractivity contribution in [2.24, 2.45) is 11.3 Å². The highest BCUT2D eigenvalue weighted by Crippen LogP contribution is 2.55. The molecule has 0 aliphatic heterocycles. The molecule has 3 rings (SSSR count). The van der Waals surface area contributed by atoms with Gasteiger partial charge in [0.1, 0.15) is 0 Å². The number of rotatable bonds is 1. The summed E-state index contributed by atoms with van der Waals surface area (Å²) in [5.74, 6) is 0.977. The third kappa shape index (κ3) is 2.09. The Labute approximate surface area is 129 Å². The third-order valence-corrected chi connectivity index (χ3v) is 6.11. The first-order valence-corrected chi connectivity index (χ1v) is 8.27. The van der Waals surface area contributed by atoms with Gasteiger partial charge >= 0.3 is 0 Å². The van der Waals surface area contributed by atoms with Gasteiger partial charge in [-0.25, -0.2) is 0 Å². The molecule has 3 unspecified atom stereocenters. The van der Waals surface area contributed by atoms with E-state index in [4.69, 9.17) is 0 Å². The summed E-state index contributed by atoms with van der Waals surface area (Å²) in [6, 6.07) is 6.99. The minimum absolute atomic E-state index is 0.0576. The number of benzene rings is 1. The molecule has 0 heterocycles. The van der Waals surface area contributed by atoms with Gasteiger partial charge in [-0.05, 0) is 46.8 Å². The average molecular weight is 284 g/mol. The second-order valence-corrected chi connectivity index (χ2v) is 8.13. The molecule has 1 aromatic rings. The third-order valence-electron chi connectivity index (χ3n) is 6.11. The van der Waals surface area contributed by atoms with Gasteiger partial charge in [-0.2, -0.15) is 0 Å². The summed E-state index contributed by atoms with van der Waals surface area (Å²) in [7, 11) is 0. The van der Waals surface area contributed by atoms with Crippen LogP contribution in [0.25, 0.3) is 6.08 Å². The molecule has 1 fully saturated rings. The van der Waals surface area contributed by atoms with Gasteiger partial charge in [0.15, 0.2) is 0 Å². The summed E-state index contributed by atoms with van der Waals surface area (Å²) >= 11 is 0. The Hall–Kier alpha value is -1.08. The van der Waals surface area contributed by atoms with Crippen molar-refractivity contribution in [1.82, 2.24) is 0 Å². The first kappa shape index (κ1) is 14.8. The van der Waals surface area contributed by atoms with Crippen molar-refractivity contribution < 1.29 is 5.11 Å². The normalized spacial score (nSPS) is 33.7. The van der Waals surface area contributed by atoms with E-state index in [9.17, 15) is 5.11 Å². The van der Waals surface area contributed by atoms with E-state index in [1.54, 1.807) is 0 Å². The van der Waals surface area contributed by atoms with E-state index < -0.39 is 0 Å². The number of aliphatic hydroxyl groups excluding tert-OH is 1. The molecule has 2 aliphatic rings. The number of hydrogen-bond donors (Lipinski definition) is 1. The van der Waals surface area contributed by atoms with E-state index in [0.29, 0.717) is 11.8 Å². The second kappa shape index (κ2) is 4.71. The molecule has 0 aromatic heterocycles. The SMILES string of the molecule is CC(C)c1ccc2c(c1)C=CC1C2(C)CCC(O)C1(C)C. The molecule has 1 heteroatoms. The van der Waals surface area contributed by atoms with Crippen molar-refractivity contribution in [2.75, 3.05) is 0 Å². The lowest BCUT2D eigenvalue weighted by Gasteiger charge is -2.54. The highest BCUT2D eigenvalue weighted by molar-refractivity contribution is 5.62. The van der Waals surface area contributed by atoms with Crippen molar-refractivity contribution in [3.8, 4) is 0 Å². The number of fused-ring (bicyclic) bond motifs is 3.